The van der Waals surface area contributed by atoms with E-state index in [1.807, 2.05) is 61.7 Å². The van der Waals surface area contributed by atoms with E-state index in [4.69, 9.17) is 4.99 Å². The van der Waals surface area contributed by atoms with Gasteiger partial charge in [0.25, 0.3) is 0 Å². The minimum absolute atomic E-state index is 0.0436. The fourth-order valence-corrected chi connectivity index (χ4v) is 3.23. The highest BCUT2D eigenvalue weighted by Crippen LogP contribution is 2.38. The lowest BCUT2D eigenvalue weighted by atomic mass is 10.1. The second-order valence-electron chi connectivity index (χ2n) is 5.99. The van der Waals surface area contributed by atoms with Crippen molar-refractivity contribution in [2.45, 2.75) is 27.3 Å². The van der Waals surface area contributed by atoms with Crippen molar-refractivity contribution >= 4 is 17.7 Å². The Kier molecular flexibility index (Phi) is 4.94. The van der Waals surface area contributed by atoms with E-state index in [1.54, 1.807) is 6.92 Å². The Labute approximate surface area is 148 Å². The first-order chi connectivity index (χ1) is 12.1. The van der Waals surface area contributed by atoms with Crippen LogP contribution in [0.2, 0.25) is 0 Å². The molecule has 3 aromatic rings. The van der Waals surface area contributed by atoms with Crippen LogP contribution in [0.25, 0.3) is 11.3 Å². The lowest BCUT2D eigenvalue weighted by Gasteiger charge is -2.09. The summed E-state index contributed by atoms with van der Waals surface area (Å²) >= 11 is 0. The molecular formula is C22H22N2O. The third-order valence-corrected chi connectivity index (χ3v) is 4.36. The van der Waals surface area contributed by atoms with Crippen LogP contribution in [0, 0.1) is 6.92 Å². The summed E-state index contributed by atoms with van der Waals surface area (Å²) < 4.78 is 2.17. The van der Waals surface area contributed by atoms with E-state index in [9.17, 15) is 4.79 Å². The zero-order valence-electron chi connectivity index (χ0n) is 14.9. The molecular weight excluding hydrogens is 308 g/mol. The third-order valence-electron chi connectivity index (χ3n) is 4.36. The summed E-state index contributed by atoms with van der Waals surface area (Å²) in [5, 5.41) is 0. The fourth-order valence-electron chi connectivity index (χ4n) is 3.23. The smallest absolute Gasteiger partial charge is 0.163 e. The summed E-state index contributed by atoms with van der Waals surface area (Å²) in [6.45, 7) is 6.48. The maximum atomic E-state index is 12.3. The topological polar surface area (TPSA) is 34.4 Å². The predicted octanol–water partition coefficient (Wildman–Crippen LogP) is 5.44. The Hall–Kier alpha value is -2.94. The SMILES string of the molecule is CCn1c(C)c(C(C)=O)c(N=Cc2ccccc2)c1-c1ccccc1. The second-order valence-corrected chi connectivity index (χ2v) is 5.99. The molecule has 0 amide bonds. The van der Waals surface area contributed by atoms with Gasteiger partial charge >= 0.3 is 0 Å². The van der Waals surface area contributed by atoms with Gasteiger partial charge in [-0.1, -0.05) is 60.7 Å². The van der Waals surface area contributed by atoms with Crippen LogP contribution < -0.4 is 0 Å². The highest BCUT2D eigenvalue weighted by atomic mass is 16.1. The van der Waals surface area contributed by atoms with Gasteiger partial charge in [0, 0.05) is 24.0 Å². The number of benzene rings is 2. The molecule has 0 bridgehead atoms. The van der Waals surface area contributed by atoms with E-state index in [2.05, 4.69) is 23.6 Å². The van der Waals surface area contributed by atoms with Gasteiger partial charge in [0.1, 0.15) is 0 Å². The second kappa shape index (κ2) is 7.31. The number of nitrogens with zero attached hydrogens (tertiary/aromatic N) is 2. The van der Waals surface area contributed by atoms with Crippen molar-refractivity contribution in [1.82, 2.24) is 4.57 Å². The highest BCUT2D eigenvalue weighted by molar-refractivity contribution is 6.05. The van der Waals surface area contributed by atoms with Crippen LogP contribution in [-0.4, -0.2) is 16.6 Å². The normalized spacial score (nSPS) is 11.2. The number of carbonyl (C=O) groups excluding carboxylic acids is 1. The molecule has 0 aliphatic rings. The van der Waals surface area contributed by atoms with Crippen molar-refractivity contribution in [3.63, 3.8) is 0 Å². The predicted molar refractivity (Wildman–Crippen MR) is 104 cm³/mol. The van der Waals surface area contributed by atoms with Crippen LogP contribution in [0.5, 0.6) is 0 Å². The maximum Gasteiger partial charge on any atom is 0.163 e. The molecule has 0 N–H and O–H groups in total. The molecule has 0 aliphatic carbocycles. The number of hydrogen-bond donors (Lipinski definition) is 0. The third kappa shape index (κ3) is 3.31. The zero-order valence-corrected chi connectivity index (χ0v) is 14.9. The Morgan fingerprint density at radius 1 is 1.04 bits per heavy atom. The summed E-state index contributed by atoms with van der Waals surface area (Å²) in [7, 11) is 0. The van der Waals surface area contributed by atoms with Crippen molar-refractivity contribution < 1.29 is 4.79 Å². The minimum atomic E-state index is 0.0436. The van der Waals surface area contributed by atoms with Gasteiger partial charge in [0.15, 0.2) is 5.78 Å². The monoisotopic (exact) mass is 330 g/mol. The van der Waals surface area contributed by atoms with Gasteiger partial charge in [0.2, 0.25) is 0 Å². The van der Waals surface area contributed by atoms with Gasteiger partial charge in [-0.2, -0.15) is 0 Å². The molecule has 0 spiro atoms. The van der Waals surface area contributed by atoms with E-state index in [0.29, 0.717) is 5.56 Å². The van der Waals surface area contributed by atoms with Gasteiger partial charge < -0.3 is 4.57 Å². The van der Waals surface area contributed by atoms with Crippen LogP contribution in [0.15, 0.2) is 65.7 Å². The van der Waals surface area contributed by atoms with Crippen molar-refractivity contribution in [3.05, 3.63) is 77.5 Å². The van der Waals surface area contributed by atoms with Crippen LogP contribution in [0.1, 0.15) is 35.5 Å². The van der Waals surface area contributed by atoms with Gasteiger partial charge in [-0.25, -0.2) is 0 Å². The molecule has 126 valence electrons. The van der Waals surface area contributed by atoms with Gasteiger partial charge in [-0.15, -0.1) is 0 Å². The first kappa shape index (κ1) is 16.9. The molecule has 1 heterocycles. The van der Waals surface area contributed by atoms with Gasteiger partial charge in [-0.05, 0) is 26.3 Å². The quantitative estimate of drug-likeness (QED) is 0.453. The summed E-state index contributed by atoms with van der Waals surface area (Å²) in [4.78, 5) is 17.1. The maximum absolute atomic E-state index is 12.3. The van der Waals surface area contributed by atoms with E-state index in [0.717, 1.165) is 34.7 Å². The van der Waals surface area contributed by atoms with E-state index in [1.165, 1.54) is 0 Å². The molecule has 2 aromatic carbocycles. The largest absolute Gasteiger partial charge is 0.343 e. The number of hydrogen-bond acceptors (Lipinski definition) is 2. The van der Waals surface area contributed by atoms with Gasteiger partial charge in [-0.3, -0.25) is 9.79 Å². The minimum Gasteiger partial charge on any atom is -0.343 e. The first-order valence-electron chi connectivity index (χ1n) is 8.52. The standard InChI is InChI=1S/C22H22N2O/c1-4-24-16(2)20(17(3)25)21(22(24)19-13-9-6-10-14-19)23-15-18-11-7-5-8-12-18/h5-15H,4H2,1-3H3. The van der Waals surface area contributed by atoms with E-state index in [-0.39, 0.29) is 5.78 Å². The van der Waals surface area contributed by atoms with Gasteiger partial charge in [0.05, 0.1) is 16.9 Å². The van der Waals surface area contributed by atoms with Crippen LogP contribution in [-0.2, 0) is 6.54 Å². The molecule has 0 saturated carbocycles. The molecule has 0 atom stereocenters. The summed E-state index contributed by atoms with van der Waals surface area (Å²) in [6, 6.07) is 20.1. The summed E-state index contributed by atoms with van der Waals surface area (Å²) in [6.07, 6.45) is 1.83. The summed E-state index contributed by atoms with van der Waals surface area (Å²) in [5.74, 6) is 0.0436. The van der Waals surface area contributed by atoms with Crippen molar-refractivity contribution in [2.75, 3.05) is 0 Å². The fraction of sp³-hybridized carbons (Fsp3) is 0.182. The Balaban J connectivity index is 2.24. The number of rotatable bonds is 5. The molecule has 0 saturated heterocycles. The Morgan fingerprint density at radius 3 is 2.20 bits per heavy atom. The number of aliphatic imine (C=N–C) groups is 1. The molecule has 0 fully saturated rings. The molecule has 3 heteroatoms. The number of carbonyl (C=O) groups is 1. The van der Waals surface area contributed by atoms with Crippen molar-refractivity contribution in [2.24, 2.45) is 4.99 Å². The highest BCUT2D eigenvalue weighted by Gasteiger charge is 2.22. The molecule has 3 rings (SSSR count). The van der Waals surface area contributed by atoms with Crippen LogP contribution in [0.4, 0.5) is 5.69 Å². The molecule has 0 radical (unpaired) electrons. The summed E-state index contributed by atoms with van der Waals surface area (Å²) in [5.41, 5.74) is 5.50. The van der Waals surface area contributed by atoms with Crippen molar-refractivity contribution in [3.8, 4) is 11.3 Å². The zero-order chi connectivity index (χ0) is 17.8. The molecule has 0 aliphatic heterocycles. The first-order valence-corrected chi connectivity index (χ1v) is 8.52. The lowest BCUT2D eigenvalue weighted by molar-refractivity contribution is 0.101. The molecule has 3 nitrogen and oxygen atoms in total. The average Bonchev–Trinajstić information content (AvgIpc) is 2.93. The number of aromatic nitrogens is 1. The van der Waals surface area contributed by atoms with Crippen LogP contribution >= 0.6 is 0 Å². The van der Waals surface area contributed by atoms with E-state index >= 15 is 0 Å². The molecule has 25 heavy (non-hydrogen) atoms. The number of Topliss-reactive ketones (excluding diaryl/α,β-unsaturated/α-hetero) is 1. The van der Waals surface area contributed by atoms with Crippen LogP contribution in [0.3, 0.4) is 0 Å². The number of ketones is 1. The average molecular weight is 330 g/mol. The van der Waals surface area contributed by atoms with E-state index < -0.39 is 0 Å². The Morgan fingerprint density at radius 2 is 1.64 bits per heavy atom. The lowest BCUT2D eigenvalue weighted by Crippen LogP contribution is -2.01. The Bertz CT molecular complexity index is 906. The molecule has 0 unspecified atom stereocenters. The molecule has 1 aromatic heterocycles. The van der Waals surface area contributed by atoms with Crippen molar-refractivity contribution in [1.29, 1.82) is 0 Å².